The summed E-state index contributed by atoms with van der Waals surface area (Å²) in [6, 6.07) is 13.7. The number of aryl methyl sites for hydroxylation is 1. The molecule has 1 aromatic heterocycles. The van der Waals surface area contributed by atoms with E-state index in [-0.39, 0.29) is 16.8 Å². The van der Waals surface area contributed by atoms with Crippen molar-refractivity contribution in [3.8, 4) is 0 Å². The molecule has 1 atom stereocenters. The lowest BCUT2D eigenvalue weighted by Gasteiger charge is -2.47. The second-order valence-corrected chi connectivity index (χ2v) is 9.27. The van der Waals surface area contributed by atoms with Gasteiger partial charge in [0, 0.05) is 30.6 Å². The summed E-state index contributed by atoms with van der Waals surface area (Å²) in [7, 11) is 0. The largest absolute Gasteiger partial charge is 0.490 e. The molecule has 172 valence electrons. The summed E-state index contributed by atoms with van der Waals surface area (Å²) >= 11 is 1.95. The molecule has 2 saturated heterocycles. The maximum atomic E-state index is 12.5. The number of rotatable bonds is 4. The summed E-state index contributed by atoms with van der Waals surface area (Å²) in [4.78, 5) is 27.7. The van der Waals surface area contributed by atoms with Gasteiger partial charge in [-0.05, 0) is 37.6 Å². The molecule has 1 unspecified atom stereocenters. The average molecular weight is 468 g/mol. The Hall–Kier alpha value is -2.59. The van der Waals surface area contributed by atoms with E-state index in [1.54, 1.807) is 6.20 Å². The number of carbonyl (C=O) groups excluding carboxylic acids is 1. The van der Waals surface area contributed by atoms with Gasteiger partial charge in [0.2, 0.25) is 0 Å². The van der Waals surface area contributed by atoms with Gasteiger partial charge in [0.25, 0.3) is 5.91 Å². The fourth-order valence-electron chi connectivity index (χ4n) is 3.49. The zero-order chi connectivity index (χ0) is 23.4. The van der Waals surface area contributed by atoms with Gasteiger partial charge in [0.1, 0.15) is 0 Å². The van der Waals surface area contributed by atoms with E-state index in [9.17, 15) is 18.0 Å². The van der Waals surface area contributed by atoms with Gasteiger partial charge in [0.05, 0.1) is 23.2 Å². The normalized spacial score (nSPS) is 19.1. The molecule has 2 aliphatic heterocycles. The SMILES string of the molecule is Cc1ccc(C(=O)N2CC3(CC(OCc4ccccn4)CS3)C2)cc1.O=C(O)C(F)(F)F. The average Bonchev–Trinajstić information content (AvgIpc) is 3.17. The zero-order valence-corrected chi connectivity index (χ0v) is 18.2. The number of alkyl halides is 3. The van der Waals surface area contributed by atoms with Crippen LogP contribution < -0.4 is 0 Å². The lowest BCUT2D eigenvalue weighted by Crippen LogP contribution is -2.60. The first-order valence-electron chi connectivity index (χ1n) is 9.89. The molecule has 1 amide bonds. The van der Waals surface area contributed by atoms with Crippen LogP contribution in [-0.4, -0.2) is 62.7 Å². The highest BCUT2D eigenvalue weighted by Gasteiger charge is 2.51. The molecule has 0 bridgehead atoms. The van der Waals surface area contributed by atoms with Crippen molar-refractivity contribution in [3.63, 3.8) is 0 Å². The van der Waals surface area contributed by atoms with Gasteiger partial charge < -0.3 is 14.7 Å². The third kappa shape index (κ3) is 6.23. The number of carbonyl (C=O) groups is 2. The lowest BCUT2D eigenvalue weighted by atomic mass is 9.92. The van der Waals surface area contributed by atoms with E-state index in [4.69, 9.17) is 14.6 Å². The number of hydrogen-bond donors (Lipinski definition) is 1. The summed E-state index contributed by atoms with van der Waals surface area (Å²) in [6.45, 7) is 4.25. The van der Waals surface area contributed by atoms with E-state index in [0.717, 1.165) is 36.5 Å². The molecule has 6 nitrogen and oxygen atoms in total. The molecule has 10 heteroatoms. The minimum atomic E-state index is -5.08. The molecule has 32 heavy (non-hydrogen) atoms. The van der Waals surface area contributed by atoms with Gasteiger partial charge in [-0.2, -0.15) is 13.2 Å². The van der Waals surface area contributed by atoms with Crippen LogP contribution in [0.4, 0.5) is 13.2 Å². The highest BCUT2D eigenvalue weighted by Crippen LogP contribution is 2.46. The van der Waals surface area contributed by atoms with Crippen LogP contribution in [0.15, 0.2) is 48.7 Å². The van der Waals surface area contributed by atoms with Gasteiger partial charge >= 0.3 is 12.1 Å². The number of nitrogens with zero attached hydrogens (tertiary/aromatic N) is 2. The van der Waals surface area contributed by atoms with Gasteiger partial charge in [-0.25, -0.2) is 4.79 Å². The number of pyridine rings is 1. The minimum absolute atomic E-state index is 0.143. The van der Waals surface area contributed by atoms with Crippen LogP contribution in [0.1, 0.15) is 28.0 Å². The molecular formula is C22H23F3N2O4S. The first-order valence-corrected chi connectivity index (χ1v) is 10.9. The molecule has 1 spiro atoms. The predicted molar refractivity (Wildman–Crippen MR) is 113 cm³/mol. The van der Waals surface area contributed by atoms with Gasteiger partial charge in [0.15, 0.2) is 0 Å². The standard InChI is InChI=1S/C20H22N2O2S.C2HF3O2/c1-15-5-7-16(8-6-15)19(23)22-13-20(14-22)10-18(12-25-20)24-11-17-4-2-3-9-21-17;3-2(4,5)1(6)7/h2-9,18H,10-14H2,1H3;(H,6,7). The van der Waals surface area contributed by atoms with Crippen LogP contribution in [0.25, 0.3) is 0 Å². The molecule has 4 rings (SSSR count). The number of thioether (sulfide) groups is 1. The van der Waals surface area contributed by atoms with Crippen molar-refractivity contribution in [1.29, 1.82) is 0 Å². The van der Waals surface area contributed by atoms with Gasteiger partial charge in [-0.1, -0.05) is 23.8 Å². The maximum Gasteiger partial charge on any atom is 0.490 e. The molecule has 0 aliphatic carbocycles. The van der Waals surface area contributed by atoms with Crippen LogP contribution in [0.2, 0.25) is 0 Å². The summed E-state index contributed by atoms with van der Waals surface area (Å²) < 4.78 is 38.0. The van der Waals surface area contributed by atoms with Crippen molar-refractivity contribution >= 4 is 23.6 Å². The number of amides is 1. The summed E-state index contributed by atoms with van der Waals surface area (Å²) in [6.07, 6.45) is -2.02. The molecule has 1 N–H and O–H groups in total. The van der Waals surface area contributed by atoms with Crippen LogP contribution in [-0.2, 0) is 16.1 Å². The van der Waals surface area contributed by atoms with Crippen molar-refractivity contribution in [3.05, 3.63) is 65.5 Å². The van der Waals surface area contributed by atoms with Crippen molar-refractivity contribution in [1.82, 2.24) is 9.88 Å². The highest BCUT2D eigenvalue weighted by molar-refractivity contribution is 8.01. The Morgan fingerprint density at radius 3 is 2.44 bits per heavy atom. The van der Waals surface area contributed by atoms with E-state index in [0.29, 0.717) is 6.61 Å². The summed E-state index contributed by atoms with van der Waals surface area (Å²) in [5, 5.41) is 7.12. The zero-order valence-electron chi connectivity index (χ0n) is 17.3. The Kier molecular flexibility index (Phi) is 7.45. The number of aromatic nitrogens is 1. The van der Waals surface area contributed by atoms with E-state index in [2.05, 4.69) is 4.98 Å². The lowest BCUT2D eigenvalue weighted by molar-refractivity contribution is -0.192. The third-order valence-electron chi connectivity index (χ3n) is 5.15. The maximum absolute atomic E-state index is 12.5. The minimum Gasteiger partial charge on any atom is -0.475 e. The first kappa shape index (κ1) is 24.1. The topological polar surface area (TPSA) is 79.7 Å². The molecule has 0 saturated carbocycles. The molecule has 3 heterocycles. The number of halogens is 3. The summed E-state index contributed by atoms with van der Waals surface area (Å²) in [5.41, 5.74) is 2.93. The van der Waals surface area contributed by atoms with Crippen LogP contribution >= 0.6 is 11.8 Å². The second-order valence-electron chi connectivity index (χ2n) is 7.78. The van der Waals surface area contributed by atoms with E-state index >= 15 is 0 Å². The first-order chi connectivity index (χ1) is 15.1. The van der Waals surface area contributed by atoms with Crippen LogP contribution in [0, 0.1) is 6.92 Å². The van der Waals surface area contributed by atoms with Crippen molar-refractivity contribution in [2.75, 3.05) is 18.8 Å². The Bertz CT molecular complexity index is 932. The quantitative estimate of drug-likeness (QED) is 0.732. The second kappa shape index (κ2) is 9.91. The molecule has 2 aliphatic rings. The molecular weight excluding hydrogens is 445 g/mol. The van der Waals surface area contributed by atoms with Crippen LogP contribution in [0.5, 0.6) is 0 Å². The number of carboxylic acids is 1. The highest BCUT2D eigenvalue weighted by atomic mass is 32.2. The Labute approximate surface area is 187 Å². The Morgan fingerprint density at radius 1 is 1.22 bits per heavy atom. The molecule has 2 fully saturated rings. The fraction of sp³-hybridized carbons (Fsp3) is 0.409. The van der Waals surface area contributed by atoms with E-state index in [1.807, 2.05) is 66.1 Å². The number of benzene rings is 1. The van der Waals surface area contributed by atoms with Crippen molar-refractivity contribution in [2.24, 2.45) is 0 Å². The van der Waals surface area contributed by atoms with Crippen LogP contribution in [0.3, 0.4) is 0 Å². The number of carboxylic acid groups (broad SMARTS) is 1. The summed E-state index contributed by atoms with van der Waals surface area (Å²) in [5.74, 6) is -1.61. The monoisotopic (exact) mass is 468 g/mol. The van der Waals surface area contributed by atoms with Gasteiger partial charge in [-0.15, -0.1) is 11.8 Å². The predicted octanol–water partition coefficient (Wildman–Crippen LogP) is 3.94. The van der Waals surface area contributed by atoms with Crippen molar-refractivity contribution in [2.45, 2.75) is 37.0 Å². The number of aliphatic carboxylic acids is 1. The third-order valence-corrected chi connectivity index (χ3v) is 6.73. The number of hydrogen-bond acceptors (Lipinski definition) is 5. The molecule has 2 aromatic rings. The molecule has 0 radical (unpaired) electrons. The number of ether oxygens (including phenoxy) is 1. The van der Waals surface area contributed by atoms with Crippen molar-refractivity contribution < 1.29 is 32.6 Å². The number of likely N-dealkylation sites (tertiary alicyclic amines) is 1. The fourth-order valence-corrected chi connectivity index (χ4v) is 5.04. The van der Waals surface area contributed by atoms with E-state index in [1.165, 1.54) is 5.56 Å². The van der Waals surface area contributed by atoms with Gasteiger partial charge in [-0.3, -0.25) is 9.78 Å². The van der Waals surface area contributed by atoms with E-state index < -0.39 is 12.1 Å². The Morgan fingerprint density at radius 2 is 1.88 bits per heavy atom. The smallest absolute Gasteiger partial charge is 0.475 e. The Balaban J connectivity index is 0.000000360. The molecule has 1 aromatic carbocycles.